The number of nitrogens with one attached hydrogen (secondary N) is 2. The second-order valence-corrected chi connectivity index (χ2v) is 4.62. The molecule has 22 heavy (non-hydrogen) atoms. The Hall–Kier alpha value is -2.76. The first-order valence-electron chi connectivity index (χ1n) is 6.86. The zero-order chi connectivity index (χ0) is 15.8. The highest BCUT2D eigenvalue weighted by Gasteiger charge is 2.09. The third-order valence-electron chi connectivity index (χ3n) is 3.03. The molecule has 1 heterocycles. The minimum Gasteiger partial charge on any atom is -0.496 e. The molecule has 0 saturated carbocycles. The SMILES string of the molecule is COc1ccccc1CC(=O)NCC(=O)NCc1ccco1. The van der Waals surface area contributed by atoms with E-state index in [0.29, 0.717) is 18.1 Å². The predicted octanol–water partition coefficient (Wildman–Crippen LogP) is 1.26. The van der Waals surface area contributed by atoms with Crippen molar-refractivity contribution in [3.63, 3.8) is 0 Å². The highest BCUT2D eigenvalue weighted by atomic mass is 16.5. The number of amides is 2. The molecule has 0 bridgehead atoms. The van der Waals surface area contributed by atoms with Crippen LogP contribution in [0.2, 0.25) is 0 Å². The summed E-state index contributed by atoms with van der Waals surface area (Å²) in [5, 5.41) is 5.23. The van der Waals surface area contributed by atoms with Gasteiger partial charge in [0.15, 0.2) is 0 Å². The molecule has 0 unspecified atom stereocenters. The topological polar surface area (TPSA) is 80.6 Å². The number of benzene rings is 1. The van der Waals surface area contributed by atoms with Crippen molar-refractivity contribution in [2.45, 2.75) is 13.0 Å². The maximum Gasteiger partial charge on any atom is 0.239 e. The lowest BCUT2D eigenvalue weighted by Gasteiger charge is -2.09. The Morgan fingerprint density at radius 3 is 2.64 bits per heavy atom. The zero-order valence-electron chi connectivity index (χ0n) is 12.3. The summed E-state index contributed by atoms with van der Waals surface area (Å²) in [6, 6.07) is 10.8. The Morgan fingerprint density at radius 2 is 1.91 bits per heavy atom. The van der Waals surface area contributed by atoms with E-state index >= 15 is 0 Å². The molecule has 2 amide bonds. The fourth-order valence-corrected chi connectivity index (χ4v) is 1.92. The third kappa shape index (κ3) is 4.66. The lowest BCUT2D eigenvalue weighted by Crippen LogP contribution is -2.37. The first-order valence-corrected chi connectivity index (χ1v) is 6.86. The molecule has 0 fully saturated rings. The van der Waals surface area contributed by atoms with Crippen LogP contribution >= 0.6 is 0 Å². The number of rotatable bonds is 7. The molecule has 0 saturated heterocycles. The number of carbonyl (C=O) groups excluding carboxylic acids is 2. The van der Waals surface area contributed by atoms with E-state index in [1.54, 1.807) is 25.3 Å². The van der Waals surface area contributed by atoms with E-state index in [9.17, 15) is 9.59 Å². The van der Waals surface area contributed by atoms with E-state index in [1.165, 1.54) is 6.26 Å². The van der Waals surface area contributed by atoms with E-state index in [4.69, 9.17) is 9.15 Å². The predicted molar refractivity (Wildman–Crippen MR) is 80.3 cm³/mol. The van der Waals surface area contributed by atoms with Crippen LogP contribution in [0.25, 0.3) is 0 Å². The summed E-state index contributed by atoms with van der Waals surface area (Å²) in [4.78, 5) is 23.5. The lowest BCUT2D eigenvalue weighted by atomic mass is 10.1. The average Bonchev–Trinajstić information content (AvgIpc) is 3.05. The van der Waals surface area contributed by atoms with Gasteiger partial charge in [0.2, 0.25) is 11.8 Å². The molecule has 0 aliphatic carbocycles. The smallest absolute Gasteiger partial charge is 0.239 e. The van der Waals surface area contributed by atoms with Gasteiger partial charge in [-0.1, -0.05) is 18.2 Å². The summed E-state index contributed by atoms with van der Waals surface area (Å²) < 4.78 is 10.3. The normalized spacial score (nSPS) is 10.0. The molecule has 0 spiro atoms. The molecule has 2 rings (SSSR count). The van der Waals surface area contributed by atoms with Crippen LogP contribution < -0.4 is 15.4 Å². The van der Waals surface area contributed by atoms with Gasteiger partial charge < -0.3 is 19.8 Å². The van der Waals surface area contributed by atoms with Gasteiger partial charge in [-0.2, -0.15) is 0 Å². The highest BCUT2D eigenvalue weighted by molar-refractivity contribution is 5.85. The monoisotopic (exact) mass is 302 g/mol. The van der Waals surface area contributed by atoms with Gasteiger partial charge >= 0.3 is 0 Å². The summed E-state index contributed by atoms with van der Waals surface area (Å²) in [6.45, 7) is 0.225. The Bertz CT molecular complexity index is 623. The molecule has 0 atom stereocenters. The molecule has 116 valence electrons. The van der Waals surface area contributed by atoms with Gasteiger partial charge in [0.05, 0.1) is 32.9 Å². The highest BCUT2D eigenvalue weighted by Crippen LogP contribution is 2.17. The first-order chi connectivity index (χ1) is 10.7. The van der Waals surface area contributed by atoms with Gasteiger partial charge in [-0.15, -0.1) is 0 Å². The minimum absolute atomic E-state index is 0.0747. The van der Waals surface area contributed by atoms with E-state index in [0.717, 1.165) is 5.56 Å². The zero-order valence-corrected chi connectivity index (χ0v) is 12.3. The van der Waals surface area contributed by atoms with Crippen molar-refractivity contribution in [2.24, 2.45) is 0 Å². The van der Waals surface area contributed by atoms with Crippen molar-refractivity contribution in [1.82, 2.24) is 10.6 Å². The quantitative estimate of drug-likeness (QED) is 0.807. The molecule has 0 radical (unpaired) electrons. The standard InChI is InChI=1S/C16H18N2O4/c1-21-14-7-3-2-5-12(14)9-15(19)18-11-16(20)17-10-13-6-4-8-22-13/h2-8H,9-11H2,1H3,(H,17,20)(H,18,19). The van der Waals surface area contributed by atoms with Gasteiger partial charge in [-0.05, 0) is 18.2 Å². The lowest BCUT2D eigenvalue weighted by molar-refractivity contribution is -0.125. The van der Waals surface area contributed by atoms with E-state index < -0.39 is 0 Å². The average molecular weight is 302 g/mol. The van der Waals surface area contributed by atoms with Crippen molar-refractivity contribution in [2.75, 3.05) is 13.7 Å². The molecule has 2 aromatic rings. The van der Waals surface area contributed by atoms with Crippen LogP contribution in [0.3, 0.4) is 0 Å². The molecule has 6 nitrogen and oxygen atoms in total. The van der Waals surface area contributed by atoms with Gasteiger partial charge in [0.25, 0.3) is 0 Å². The number of carbonyl (C=O) groups is 2. The number of hydrogen-bond donors (Lipinski definition) is 2. The summed E-state index contributed by atoms with van der Waals surface area (Å²) >= 11 is 0. The molecular formula is C16H18N2O4. The fraction of sp³-hybridized carbons (Fsp3) is 0.250. The number of furan rings is 1. The summed E-state index contributed by atoms with van der Waals surface area (Å²) in [5.41, 5.74) is 0.776. The van der Waals surface area contributed by atoms with Crippen LogP contribution in [0.5, 0.6) is 5.75 Å². The van der Waals surface area contributed by atoms with Crippen LogP contribution in [0, 0.1) is 0 Å². The Kier molecular flexibility index (Phi) is 5.59. The Labute approximate surface area is 128 Å². The third-order valence-corrected chi connectivity index (χ3v) is 3.03. The molecular weight excluding hydrogens is 284 g/mol. The van der Waals surface area contributed by atoms with Crippen molar-refractivity contribution in [3.05, 3.63) is 54.0 Å². The first kappa shape index (κ1) is 15.6. The molecule has 1 aromatic carbocycles. The Balaban J connectivity index is 1.74. The van der Waals surface area contributed by atoms with E-state index in [1.807, 2.05) is 18.2 Å². The number of hydrogen-bond acceptors (Lipinski definition) is 4. The Morgan fingerprint density at radius 1 is 1.09 bits per heavy atom. The van der Waals surface area contributed by atoms with Crippen LogP contribution in [0.15, 0.2) is 47.1 Å². The van der Waals surface area contributed by atoms with Crippen molar-refractivity contribution >= 4 is 11.8 Å². The fourth-order valence-electron chi connectivity index (χ4n) is 1.92. The van der Waals surface area contributed by atoms with E-state index in [-0.39, 0.29) is 24.8 Å². The largest absolute Gasteiger partial charge is 0.496 e. The molecule has 0 aliphatic heterocycles. The molecule has 2 N–H and O–H groups in total. The van der Waals surface area contributed by atoms with Gasteiger partial charge in [-0.25, -0.2) is 0 Å². The second kappa shape index (κ2) is 7.87. The maximum absolute atomic E-state index is 11.9. The second-order valence-electron chi connectivity index (χ2n) is 4.62. The number of para-hydroxylation sites is 1. The van der Waals surface area contributed by atoms with Crippen molar-refractivity contribution in [1.29, 1.82) is 0 Å². The van der Waals surface area contributed by atoms with Crippen LogP contribution in [-0.4, -0.2) is 25.5 Å². The number of ether oxygens (including phenoxy) is 1. The summed E-state index contributed by atoms with van der Waals surface area (Å²) in [7, 11) is 1.55. The van der Waals surface area contributed by atoms with Crippen LogP contribution in [-0.2, 0) is 22.6 Å². The number of methoxy groups -OCH3 is 1. The van der Waals surface area contributed by atoms with Gasteiger partial charge in [-0.3, -0.25) is 9.59 Å². The molecule has 6 heteroatoms. The van der Waals surface area contributed by atoms with Crippen molar-refractivity contribution < 1.29 is 18.7 Å². The molecule has 1 aromatic heterocycles. The summed E-state index contributed by atoms with van der Waals surface area (Å²) in [6.07, 6.45) is 1.70. The van der Waals surface area contributed by atoms with Gasteiger partial charge in [0.1, 0.15) is 11.5 Å². The van der Waals surface area contributed by atoms with Crippen LogP contribution in [0.1, 0.15) is 11.3 Å². The molecule has 0 aliphatic rings. The minimum atomic E-state index is -0.273. The van der Waals surface area contributed by atoms with Gasteiger partial charge in [0, 0.05) is 5.56 Å². The maximum atomic E-state index is 11.9. The summed E-state index contributed by atoms with van der Waals surface area (Å²) in [5.74, 6) is 0.802. The van der Waals surface area contributed by atoms with E-state index in [2.05, 4.69) is 10.6 Å². The van der Waals surface area contributed by atoms with Crippen LogP contribution in [0.4, 0.5) is 0 Å². The van der Waals surface area contributed by atoms with Crippen molar-refractivity contribution in [3.8, 4) is 5.75 Å².